The molecule has 2 N–H and O–H groups in total. The molecule has 4 atom stereocenters. The molecular weight excluding hydrogens is 330 g/mol. The summed E-state index contributed by atoms with van der Waals surface area (Å²) in [7, 11) is 1.68. The second-order valence-electron chi connectivity index (χ2n) is 4.98. The second kappa shape index (κ2) is 5.56. The highest BCUT2D eigenvalue weighted by molar-refractivity contribution is 8.06. The molecule has 1 amide bonds. The van der Waals surface area contributed by atoms with Crippen molar-refractivity contribution in [1.82, 2.24) is 25.1 Å². The van der Waals surface area contributed by atoms with Crippen molar-refractivity contribution in [2.75, 3.05) is 0 Å². The number of hydrogen-bond donors (Lipinski definition) is 2. The number of rotatable bonds is 4. The number of aliphatic hydroxyl groups excluding tert-OH is 1. The number of hydrogen-bond acceptors (Lipinski definition) is 8. The normalized spacial score (nSPS) is 30.3. The van der Waals surface area contributed by atoms with Gasteiger partial charge in [-0.2, -0.15) is 0 Å². The number of carbonyl (C=O) groups excluding carboxylic acids is 1. The third kappa shape index (κ3) is 2.29. The number of aliphatic hydroxyl groups is 1. The minimum atomic E-state index is -1.09. The molecule has 9 nitrogen and oxygen atoms in total. The lowest BCUT2D eigenvalue weighted by Crippen LogP contribution is -2.63. The van der Waals surface area contributed by atoms with E-state index in [0.717, 1.165) is 0 Å². The maximum atomic E-state index is 12.1. The van der Waals surface area contributed by atoms with Gasteiger partial charge in [0, 0.05) is 12.0 Å². The molecule has 1 aromatic rings. The van der Waals surface area contributed by atoms with Crippen LogP contribution in [0, 0.1) is 5.92 Å². The average molecular weight is 343 g/mol. The van der Waals surface area contributed by atoms with Crippen molar-refractivity contribution in [2.24, 2.45) is 13.0 Å². The Balaban J connectivity index is 1.84. The predicted octanol–water partition coefficient (Wildman–Crippen LogP) is -0.491. The van der Waals surface area contributed by atoms with Gasteiger partial charge in [-0.15, -0.1) is 16.9 Å². The summed E-state index contributed by atoms with van der Waals surface area (Å²) in [5.41, 5.74) is 0. The first-order chi connectivity index (χ1) is 10.4. The van der Waals surface area contributed by atoms with Crippen molar-refractivity contribution in [1.29, 1.82) is 0 Å². The SMILES string of the molecule is C[C@H](O)[C@@H]1C(=O)N2C(C(=O)O)C(=CSc3nnnn3C)S[C@H]12. The summed E-state index contributed by atoms with van der Waals surface area (Å²) in [5, 5.41) is 31.9. The second-order valence-corrected chi connectivity index (χ2v) is 7.01. The summed E-state index contributed by atoms with van der Waals surface area (Å²) >= 11 is 2.49. The molecule has 0 aliphatic carbocycles. The fourth-order valence-corrected chi connectivity index (χ4v) is 4.91. The standard InChI is InChI=1S/C11H13N5O4S2/c1-4(17)6-8(18)16-7(10(19)20)5(22-9(6)16)3-21-11-12-13-14-15(11)2/h3-4,6-7,9,17H,1-2H3,(H,19,20)/t4-,6+,7?,9+/m0/s1. The monoisotopic (exact) mass is 343 g/mol. The van der Waals surface area contributed by atoms with Crippen LogP contribution in [0.5, 0.6) is 0 Å². The summed E-state index contributed by atoms with van der Waals surface area (Å²) in [6.07, 6.45) is -0.800. The largest absolute Gasteiger partial charge is 0.479 e. The Bertz CT molecular complexity index is 661. The van der Waals surface area contributed by atoms with Crippen LogP contribution in [0.4, 0.5) is 0 Å². The Labute approximate surface area is 133 Å². The number of β-lactam (4-membered cyclic amide) rings is 1. The molecular formula is C11H13N5O4S2. The van der Waals surface area contributed by atoms with E-state index < -0.39 is 24.0 Å². The molecule has 0 bridgehead atoms. The Morgan fingerprint density at radius 3 is 2.82 bits per heavy atom. The molecule has 1 aromatic heterocycles. The van der Waals surface area contributed by atoms with Gasteiger partial charge in [-0.1, -0.05) is 11.8 Å². The number of carboxylic acid groups (broad SMARTS) is 1. The van der Waals surface area contributed by atoms with Gasteiger partial charge in [0.2, 0.25) is 11.1 Å². The first kappa shape index (κ1) is 15.3. The van der Waals surface area contributed by atoms with E-state index in [9.17, 15) is 19.8 Å². The van der Waals surface area contributed by atoms with Crippen molar-refractivity contribution < 1.29 is 19.8 Å². The van der Waals surface area contributed by atoms with Crippen molar-refractivity contribution in [3.8, 4) is 0 Å². The maximum Gasteiger partial charge on any atom is 0.331 e. The molecule has 118 valence electrons. The molecule has 2 aliphatic heterocycles. The smallest absolute Gasteiger partial charge is 0.331 e. The van der Waals surface area contributed by atoms with Crippen molar-refractivity contribution in [3.05, 3.63) is 10.3 Å². The Hall–Kier alpha value is -1.59. The van der Waals surface area contributed by atoms with Crippen molar-refractivity contribution in [3.63, 3.8) is 0 Å². The van der Waals surface area contributed by atoms with Gasteiger partial charge in [0.05, 0.1) is 17.4 Å². The minimum Gasteiger partial charge on any atom is -0.479 e. The molecule has 3 rings (SSSR count). The highest BCUT2D eigenvalue weighted by Crippen LogP contribution is 2.51. The van der Waals surface area contributed by atoms with E-state index in [-0.39, 0.29) is 11.3 Å². The Morgan fingerprint density at radius 2 is 2.27 bits per heavy atom. The number of amides is 1. The first-order valence-electron chi connectivity index (χ1n) is 6.40. The lowest BCUT2D eigenvalue weighted by molar-refractivity contribution is -0.165. The molecule has 0 saturated carbocycles. The lowest BCUT2D eigenvalue weighted by Gasteiger charge is -2.44. The number of aromatic nitrogens is 4. The topological polar surface area (TPSA) is 121 Å². The quantitative estimate of drug-likeness (QED) is 0.551. The van der Waals surface area contributed by atoms with Gasteiger partial charge in [0.25, 0.3) is 0 Å². The fraction of sp³-hybridized carbons (Fsp3) is 0.545. The number of aliphatic carboxylic acids is 1. The zero-order chi connectivity index (χ0) is 16.0. The minimum absolute atomic E-state index is 0.325. The molecule has 11 heteroatoms. The van der Waals surface area contributed by atoms with E-state index >= 15 is 0 Å². The number of carbonyl (C=O) groups is 2. The lowest BCUT2D eigenvalue weighted by atomic mass is 9.91. The Kier molecular flexibility index (Phi) is 3.87. The maximum absolute atomic E-state index is 12.1. The number of carboxylic acids is 1. The Morgan fingerprint density at radius 1 is 1.55 bits per heavy atom. The molecule has 1 unspecified atom stereocenters. The highest BCUT2D eigenvalue weighted by atomic mass is 32.2. The molecule has 3 heterocycles. The van der Waals surface area contributed by atoms with Gasteiger partial charge >= 0.3 is 5.97 Å². The van der Waals surface area contributed by atoms with Gasteiger partial charge in [0.1, 0.15) is 0 Å². The van der Waals surface area contributed by atoms with Crippen LogP contribution in [0.15, 0.2) is 15.5 Å². The van der Waals surface area contributed by atoms with Crippen LogP contribution < -0.4 is 0 Å². The van der Waals surface area contributed by atoms with Gasteiger partial charge in [0.15, 0.2) is 6.04 Å². The van der Waals surface area contributed by atoms with Crippen LogP contribution in [-0.4, -0.2) is 64.7 Å². The van der Waals surface area contributed by atoms with Crippen LogP contribution in [0.1, 0.15) is 6.92 Å². The van der Waals surface area contributed by atoms with Gasteiger partial charge in [-0.3, -0.25) is 4.79 Å². The van der Waals surface area contributed by atoms with Crippen LogP contribution >= 0.6 is 23.5 Å². The van der Waals surface area contributed by atoms with Crippen LogP contribution in [-0.2, 0) is 16.6 Å². The summed E-state index contributed by atoms with van der Waals surface area (Å²) in [6.45, 7) is 1.54. The number of aryl methyl sites for hydroxylation is 1. The van der Waals surface area contributed by atoms with E-state index in [1.165, 1.54) is 40.0 Å². The van der Waals surface area contributed by atoms with Crippen molar-refractivity contribution >= 4 is 35.4 Å². The molecule has 2 fully saturated rings. The average Bonchev–Trinajstić information content (AvgIpc) is 2.97. The summed E-state index contributed by atoms with van der Waals surface area (Å²) in [5.74, 6) is -1.97. The molecule has 0 radical (unpaired) electrons. The van der Waals surface area contributed by atoms with E-state index in [1.54, 1.807) is 12.5 Å². The third-order valence-electron chi connectivity index (χ3n) is 3.54. The summed E-state index contributed by atoms with van der Waals surface area (Å²) in [4.78, 5) is 25.4. The zero-order valence-electron chi connectivity index (χ0n) is 11.7. The number of tetrazole rings is 1. The molecule has 2 saturated heterocycles. The number of fused-ring (bicyclic) bond motifs is 1. The molecule has 0 spiro atoms. The molecule has 22 heavy (non-hydrogen) atoms. The van der Waals surface area contributed by atoms with Crippen LogP contribution in [0.25, 0.3) is 0 Å². The van der Waals surface area contributed by atoms with Gasteiger partial charge in [-0.05, 0) is 22.8 Å². The molecule has 2 aliphatic rings. The highest BCUT2D eigenvalue weighted by Gasteiger charge is 2.60. The summed E-state index contributed by atoms with van der Waals surface area (Å²) < 4.78 is 1.47. The van der Waals surface area contributed by atoms with Crippen LogP contribution in [0.2, 0.25) is 0 Å². The zero-order valence-corrected chi connectivity index (χ0v) is 13.3. The summed E-state index contributed by atoms with van der Waals surface area (Å²) in [6, 6.07) is -1.01. The van der Waals surface area contributed by atoms with E-state index in [4.69, 9.17) is 0 Å². The predicted molar refractivity (Wildman–Crippen MR) is 77.6 cm³/mol. The van der Waals surface area contributed by atoms with Crippen LogP contribution in [0.3, 0.4) is 0 Å². The van der Waals surface area contributed by atoms with Gasteiger partial charge < -0.3 is 15.1 Å². The van der Waals surface area contributed by atoms with E-state index in [2.05, 4.69) is 15.5 Å². The molecule has 0 aromatic carbocycles. The van der Waals surface area contributed by atoms with E-state index in [1.807, 2.05) is 0 Å². The first-order valence-corrected chi connectivity index (χ1v) is 8.16. The third-order valence-corrected chi connectivity index (χ3v) is 5.99. The van der Waals surface area contributed by atoms with Gasteiger partial charge in [-0.25, -0.2) is 9.48 Å². The van der Waals surface area contributed by atoms with Crippen molar-refractivity contribution in [2.45, 2.75) is 29.6 Å². The fourth-order valence-electron chi connectivity index (χ4n) is 2.46. The number of thioether (sulfide) groups is 2. The van der Waals surface area contributed by atoms with E-state index in [0.29, 0.717) is 10.1 Å². The number of nitrogens with zero attached hydrogens (tertiary/aromatic N) is 5.